The van der Waals surface area contributed by atoms with Gasteiger partial charge in [-0.1, -0.05) is 19.6 Å². The van der Waals surface area contributed by atoms with Gasteiger partial charge >= 0.3 is 0 Å². The van der Waals surface area contributed by atoms with Gasteiger partial charge in [-0.25, -0.2) is 13.8 Å². The van der Waals surface area contributed by atoms with Crippen LogP contribution in [0.15, 0.2) is 43.2 Å². The summed E-state index contributed by atoms with van der Waals surface area (Å²) in [6, 6.07) is 4.89. The summed E-state index contributed by atoms with van der Waals surface area (Å²) in [7, 11) is 1.59. The third-order valence-corrected chi connectivity index (χ3v) is 8.09. The molecular weight excluding hydrogens is 536 g/mol. The first-order chi connectivity index (χ1) is 20.0. The number of fused-ring (bicyclic) bond motifs is 1. The van der Waals surface area contributed by atoms with Crippen LogP contribution in [0.4, 0.5) is 8.78 Å². The van der Waals surface area contributed by atoms with E-state index >= 15 is 4.39 Å². The number of hydrogen-bond acceptors (Lipinski definition) is 5. The Balaban J connectivity index is 0.000000234. The van der Waals surface area contributed by atoms with Crippen molar-refractivity contribution in [2.24, 2.45) is 0 Å². The number of alkyl halides is 1. The van der Waals surface area contributed by atoms with E-state index in [-0.39, 0.29) is 18.9 Å². The van der Waals surface area contributed by atoms with Crippen LogP contribution < -0.4 is 10.1 Å². The third-order valence-electron chi connectivity index (χ3n) is 8.09. The number of allylic oxidation sites excluding steroid dienone is 3. The molecule has 0 unspecified atom stereocenters. The second-order valence-corrected chi connectivity index (χ2v) is 11.1. The Morgan fingerprint density at radius 1 is 1.29 bits per heavy atom. The fourth-order valence-electron chi connectivity index (χ4n) is 5.28. The predicted molar refractivity (Wildman–Crippen MR) is 167 cm³/mol. The number of aromatic nitrogens is 2. The summed E-state index contributed by atoms with van der Waals surface area (Å²) in [5, 5.41) is 10.1. The number of rotatable bonds is 8. The van der Waals surface area contributed by atoms with Crippen LogP contribution in [0.25, 0.3) is 16.8 Å². The van der Waals surface area contributed by atoms with E-state index in [1.54, 1.807) is 26.3 Å². The van der Waals surface area contributed by atoms with E-state index in [9.17, 15) is 9.18 Å². The topological polar surface area (TPSA) is 82.7 Å². The van der Waals surface area contributed by atoms with E-state index in [0.717, 1.165) is 60.5 Å². The summed E-state index contributed by atoms with van der Waals surface area (Å²) in [6.45, 7) is 14.1. The molecule has 0 bridgehead atoms. The van der Waals surface area contributed by atoms with Gasteiger partial charge in [-0.2, -0.15) is 0 Å². The predicted octanol–water partition coefficient (Wildman–Crippen LogP) is 6.98. The molecule has 1 aliphatic heterocycles. The SMILES string of the molecule is C/C=C(\C=N)c1cc(C(=O)NC2CC2)c(F)cc1C.C=C(C)c1cnc2cc(OC)c(C3(F)CCN(CC)CC3)cn12.[HH]. The molecule has 0 spiro atoms. The van der Waals surface area contributed by atoms with Crippen molar-refractivity contribution < 1.29 is 19.7 Å². The number of pyridine rings is 1. The van der Waals surface area contributed by atoms with E-state index < -0.39 is 11.5 Å². The highest BCUT2D eigenvalue weighted by molar-refractivity contribution is 6.09. The van der Waals surface area contributed by atoms with Crippen molar-refractivity contribution in [2.45, 2.75) is 65.1 Å². The normalized spacial score (nSPS) is 16.9. The fraction of sp³-hybridized carbons (Fsp3) is 0.424. The summed E-state index contributed by atoms with van der Waals surface area (Å²) in [6.07, 6.45) is 9.50. The quantitative estimate of drug-likeness (QED) is 0.282. The van der Waals surface area contributed by atoms with Gasteiger partial charge in [0.25, 0.3) is 5.91 Å². The second kappa shape index (κ2) is 13.0. The zero-order valence-corrected chi connectivity index (χ0v) is 25.2. The van der Waals surface area contributed by atoms with Crippen molar-refractivity contribution in [3.8, 4) is 5.75 Å². The Morgan fingerprint density at radius 3 is 2.52 bits per heavy atom. The molecule has 1 aliphatic carbocycles. The van der Waals surface area contributed by atoms with Gasteiger partial charge in [-0.15, -0.1) is 0 Å². The number of amides is 1. The number of imidazole rings is 1. The second-order valence-electron chi connectivity index (χ2n) is 11.1. The van der Waals surface area contributed by atoms with Gasteiger partial charge in [-0.3, -0.25) is 9.20 Å². The van der Waals surface area contributed by atoms with Crippen molar-refractivity contribution >= 4 is 28.9 Å². The number of aryl methyl sites for hydroxylation is 1. The first-order valence-corrected chi connectivity index (χ1v) is 14.5. The molecule has 1 aromatic carbocycles. The number of piperidine rings is 1. The lowest BCUT2D eigenvalue weighted by Gasteiger charge is -2.36. The molecule has 1 amide bonds. The van der Waals surface area contributed by atoms with Gasteiger partial charge in [0, 0.05) is 44.6 Å². The van der Waals surface area contributed by atoms with Crippen molar-refractivity contribution in [2.75, 3.05) is 26.7 Å². The third kappa shape index (κ3) is 6.62. The highest BCUT2D eigenvalue weighted by Crippen LogP contribution is 2.42. The Kier molecular flexibility index (Phi) is 9.61. The molecule has 226 valence electrons. The van der Waals surface area contributed by atoms with Crippen LogP contribution in [0.3, 0.4) is 0 Å². The largest absolute Gasteiger partial charge is 0.496 e. The summed E-state index contributed by atoms with van der Waals surface area (Å²) in [4.78, 5) is 18.6. The van der Waals surface area contributed by atoms with Crippen LogP contribution in [0.1, 0.15) is 80.6 Å². The van der Waals surface area contributed by atoms with Gasteiger partial charge in [-0.05, 0) is 87.4 Å². The average molecular weight is 580 g/mol. The lowest BCUT2D eigenvalue weighted by Crippen LogP contribution is -2.40. The molecule has 1 saturated carbocycles. The minimum atomic E-state index is -1.36. The summed E-state index contributed by atoms with van der Waals surface area (Å²) in [5.74, 6) is -0.315. The first kappa shape index (κ1) is 31.1. The van der Waals surface area contributed by atoms with E-state index in [2.05, 4.69) is 28.7 Å². The zero-order chi connectivity index (χ0) is 30.6. The number of benzene rings is 1. The number of methoxy groups -OCH3 is 1. The van der Waals surface area contributed by atoms with Crippen molar-refractivity contribution in [3.63, 3.8) is 0 Å². The van der Waals surface area contributed by atoms with E-state index in [4.69, 9.17) is 10.1 Å². The monoisotopic (exact) mass is 579 g/mol. The van der Waals surface area contributed by atoms with Crippen molar-refractivity contribution in [1.29, 1.82) is 5.41 Å². The lowest BCUT2D eigenvalue weighted by molar-refractivity contribution is 0.0559. The Bertz CT molecular complexity index is 1520. The number of carbonyl (C=O) groups is 1. The molecule has 0 radical (unpaired) electrons. The summed E-state index contributed by atoms with van der Waals surface area (Å²) >= 11 is 0. The number of hydrogen-bond donors (Lipinski definition) is 2. The van der Waals surface area contributed by atoms with Gasteiger partial charge in [0.15, 0.2) is 0 Å². The van der Waals surface area contributed by atoms with Crippen LogP contribution in [-0.4, -0.2) is 59.2 Å². The molecule has 1 saturated heterocycles. The molecule has 3 heterocycles. The van der Waals surface area contributed by atoms with E-state index in [0.29, 0.717) is 29.7 Å². The summed E-state index contributed by atoms with van der Waals surface area (Å²) < 4.78 is 36.9. The van der Waals surface area contributed by atoms with Gasteiger partial charge in [0.1, 0.15) is 22.9 Å². The van der Waals surface area contributed by atoms with Crippen LogP contribution >= 0.6 is 0 Å². The standard InChI is InChI=1S/C18H24FN3O.C15H17FN2O.H2/c1-5-21-8-6-18(19,7-9-21)14-12-22-15(13(2)3)11-20-17(22)10-16(14)23-4;1-3-10(8-17)12-7-13(14(16)6-9(12)2)15(19)18-11-4-5-11;/h10-12H,2,5-9H2,1,3-4H3;3,6-8,11,17H,4-5H2,1-2H3,(H,18,19);1H/b;10-3+,17-8?;. The van der Waals surface area contributed by atoms with Crippen LogP contribution in [0.2, 0.25) is 0 Å². The Hall–Kier alpha value is -3.85. The van der Waals surface area contributed by atoms with Crippen LogP contribution in [0.5, 0.6) is 5.75 Å². The maximum atomic E-state index is 15.7. The minimum absolute atomic E-state index is 0. The molecule has 7 nitrogen and oxygen atoms in total. The maximum Gasteiger partial charge on any atom is 0.254 e. The Morgan fingerprint density at radius 2 is 1.98 bits per heavy atom. The Labute approximate surface area is 248 Å². The molecule has 5 rings (SSSR count). The molecule has 9 heteroatoms. The number of halogens is 2. The molecule has 3 aromatic rings. The van der Waals surface area contributed by atoms with E-state index in [1.165, 1.54) is 18.3 Å². The fourth-order valence-corrected chi connectivity index (χ4v) is 5.28. The van der Waals surface area contributed by atoms with Crippen molar-refractivity contribution in [1.82, 2.24) is 19.6 Å². The smallest absolute Gasteiger partial charge is 0.254 e. The van der Waals surface area contributed by atoms with Crippen LogP contribution in [0, 0.1) is 18.2 Å². The van der Waals surface area contributed by atoms with Gasteiger partial charge in [0.2, 0.25) is 0 Å². The number of carbonyl (C=O) groups excluding carboxylic acids is 1. The maximum absolute atomic E-state index is 15.7. The molecule has 2 aliphatic rings. The molecule has 2 aromatic heterocycles. The number of ether oxygens (including phenoxy) is 1. The first-order valence-electron chi connectivity index (χ1n) is 14.5. The highest BCUT2D eigenvalue weighted by atomic mass is 19.1. The zero-order valence-electron chi connectivity index (χ0n) is 25.2. The van der Waals surface area contributed by atoms with Crippen molar-refractivity contribution in [3.05, 3.63) is 77.0 Å². The number of nitrogens with one attached hydrogen (secondary N) is 2. The lowest BCUT2D eigenvalue weighted by atomic mass is 9.86. The molecule has 2 N–H and O–H groups in total. The van der Waals surface area contributed by atoms with E-state index in [1.807, 2.05) is 30.5 Å². The number of nitrogens with zero attached hydrogens (tertiary/aromatic N) is 3. The van der Waals surface area contributed by atoms with Gasteiger partial charge < -0.3 is 20.4 Å². The molecule has 42 heavy (non-hydrogen) atoms. The minimum Gasteiger partial charge on any atom is -0.496 e. The molecular formula is C33H43F2N5O2. The number of likely N-dealkylation sites (tertiary alicyclic amines) is 1. The average Bonchev–Trinajstić information content (AvgIpc) is 3.69. The highest BCUT2D eigenvalue weighted by Gasteiger charge is 2.39. The molecule has 2 fully saturated rings. The van der Waals surface area contributed by atoms with Gasteiger partial charge in [0.05, 0.1) is 24.6 Å². The summed E-state index contributed by atoms with van der Waals surface area (Å²) in [5.41, 5.74) is 3.98. The van der Waals surface area contributed by atoms with Crippen LogP contribution in [-0.2, 0) is 5.67 Å². The molecule has 0 atom stereocenters.